The maximum absolute atomic E-state index is 6.07. The van der Waals surface area contributed by atoms with Gasteiger partial charge in [0, 0.05) is 33.6 Å². The second-order valence-electron chi connectivity index (χ2n) is 7.71. The first-order valence-corrected chi connectivity index (χ1v) is 9.81. The molecular weight excluding hydrogens is 350 g/mol. The number of imidazole rings is 1. The Morgan fingerprint density at radius 3 is 2.25 bits per heavy atom. The number of nitrogens with two attached hydrogens (primary N) is 1. The SMILES string of the molecule is CCCCc1nc2c(N)nnc(N(C)Cc3ccc(CN(C)C)cc3)c2n1C. The monoisotopic (exact) mass is 381 g/mol. The van der Waals surface area contributed by atoms with Crippen molar-refractivity contribution in [2.75, 3.05) is 31.8 Å². The maximum Gasteiger partial charge on any atom is 0.177 e. The lowest BCUT2D eigenvalue weighted by molar-refractivity contribution is 0.402. The number of aryl methyl sites for hydroxylation is 2. The normalized spacial score (nSPS) is 11.5. The quantitative estimate of drug-likeness (QED) is 0.646. The highest BCUT2D eigenvalue weighted by molar-refractivity contribution is 5.93. The number of nitrogens with zero attached hydrogens (tertiary/aromatic N) is 6. The van der Waals surface area contributed by atoms with E-state index in [9.17, 15) is 0 Å². The number of benzene rings is 1. The number of hydrogen-bond acceptors (Lipinski definition) is 6. The molecule has 150 valence electrons. The molecule has 0 bridgehead atoms. The van der Waals surface area contributed by atoms with Gasteiger partial charge in [-0.25, -0.2) is 4.98 Å². The van der Waals surface area contributed by atoms with Gasteiger partial charge in [-0.1, -0.05) is 37.6 Å². The fraction of sp³-hybridized carbons (Fsp3) is 0.476. The van der Waals surface area contributed by atoms with E-state index in [0.717, 1.165) is 55.0 Å². The Morgan fingerprint density at radius 2 is 1.64 bits per heavy atom. The Kier molecular flexibility index (Phi) is 6.14. The van der Waals surface area contributed by atoms with Gasteiger partial charge in [0.25, 0.3) is 0 Å². The van der Waals surface area contributed by atoms with Crippen molar-refractivity contribution in [3.63, 3.8) is 0 Å². The van der Waals surface area contributed by atoms with Gasteiger partial charge in [0.2, 0.25) is 0 Å². The Labute approximate surface area is 167 Å². The summed E-state index contributed by atoms with van der Waals surface area (Å²) in [5.74, 6) is 2.22. The van der Waals surface area contributed by atoms with Crippen molar-refractivity contribution in [3.8, 4) is 0 Å². The molecule has 0 saturated heterocycles. The minimum Gasteiger partial charge on any atom is -0.380 e. The minimum absolute atomic E-state index is 0.388. The van der Waals surface area contributed by atoms with Crippen molar-refractivity contribution in [3.05, 3.63) is 41.2 Å². The third-order valence-corrected chi connectivity index (χ3v) is 4.95. The zero-order chi connectivity index (χ0) is 20.3. The molecule has 28 heavy (non-hydrogen) atoms. The van der Waals surface area contributed by atoms with E-state index in [1.807, 2.05) is 14.1 Å². The highest BCUT2D eigenvalue weighted by atomic mass is 15.3. The zero-order valence-corrected chi connectivity index (χ0v) is 17.6. The average Bonchev–Trinajstić information content (AvgIpc) is 2.99. The Bertz CT molecular complexity index is 928. The molecule has 7 nitrogen and oxygen atoms in total. The first-order chi connectivity index (χ1) is 13.4. The summed E-state index contributed by atoms with van der Waals surface area (Å²) in [6.45, 7) is 3.87. The summed E-state index contributed by atoms with van der Waals surface area (Å²) in [5.41, 5.74) is 10.3. The molecule has 0 aliphatic heterocycles. The standard InChI is InChI=1S/C21H31N7/c1-6-7-8-17-23-18-19(28(17)5)21(25-24-20(18)22)27(4)14-16-11-9-15(10-12-16)13-26(2)3/h9-12H,6-8,13-14H2,1-5H3,(H2,22,24). The molecule has 2 aromatic heterocycles. The highest BCUT2D eigenvalue weighted by Gasteiger charge is 2.19. The van der Waals surface area contributed by atoms with Gasteiger partial charge in [-0.3, -0.25) is 0 Å². The third kappa shape index (κ3) is 4.25. The van der Waals surface area contributed by atoms with Crippen LogP contribution < -0.4 is 10.6 Å². The molecule has 0 aliphatic rings. The predicted octanol–water partition coefficient (Wildman–Crippen LogP) is 2.99. The molecule has 0 unspecified atom stereocenters. The van der Waals surface area contributed by atoms with Crippen molar-refractivity contribution < 1.29 is 0 Å². The molecule has 2 N–H and O–H groups in total. The number of nitrogen functional groups attached to an aromatic ring is 1. The average molecular weight is 382 g/mol. The van der Waals surface area contributed by atoms with Crippen LogP contribution in [0.3, 0.4) is 0 Å². The molecule has 3 aromatic rings. The van der Waals surface area contributed by atoms with E-state index in [4.69, 9.17) is 10.7 Å². The van der Waals surface area contributed by atoms with E-state index in [1.54, 1.807) is 0 Å². The summed E-state index contributed by atoms with van der Waals surface area (Å²) in [7, 11) is 8.23. The number of rotatable bonds is 8. The van der Waals surface area contributed by atoms with Crippen LogP contribution in [0.4, 0.5) is 11.6 Å². The van der Waals surface area contributed by atoms with E-state index < -0.39 is 0 Å². The number of hydrogen-bond donors (Lipinski definition) is 1. The molecular formula is C21H31N7. The number of unbranched alkanes of at least 4 members (excludes halogenated alkanes) is 1. The second-order valence-corrected chi connectivity index (χ2v) is 7.71. The van der Waals surface area contributed by atoms with E-state index in [-0.39, 0.29) is 0 Å². The van der Waals surface area contributed by atoms with Crippen LogP contribution in [0.5, 0.6) is 0 Å². The lowest BCUT2D eigenvalue weighted by Crippen LogP contribution is -2.20. The lowest BCUT2D eigenvalue weighted by atomic mass is 10.1. The molecule has 0 fully saturated rings. The summed E-state index contributed by atoms with van der Waals surface area (Å²) >= 11 is 0. The van der Waals surface area contributed by atoms with Crippen molar-refractivity contribution in [2.24, 2.45) is 7.05 Å². The Balaban J connectivity index is 1.87. The van der Waals surface area contributed by atoms with Crippen molar-refractivity contribution in [1.82, 2.24) is 24.6 Å². The van der Waals surface area contributed by atoms with Crippen LogP contribution >= 0.6 is 0 Å². The van der Waals surface area contributed by atoms with Crippen LogP contribution in [0.2, 0.25) is 0 Å². The minimum atomic E-state index is 0.388. The summed E-state index contributed by atoms with van der Waals surface area (Å²) in [5, 5.41) is 8.55. The van der Waals surface area contributed by atoms with Gasteiger partial charge in [0.1, 0.15) is 16.9 Å². The van der Waals surface area contributed by atoms with Gasteiger partial charge in [-0.2, -0.15) is 0 Å². The van der Waals surface area contributed by atoms with Crippen molar-refractivity contribution in [2.45, 2.75) is 39.3 Å². The van der Waals surface area contributed by atoms with Crippen LogP contribution in [0.25, 0.3) is 11.0 Å². The fourth-order valence-corrected chi connectivity index (χ4v) is 3.45. The summed E-state index contributed by atoms with van der Waals surface area (Å²) < 4.78 is 2.11. The van der Waals surface area contributed by atoms with Gasteiger partial charge < -0.3 is 20.1 Å². The lowest BCUT2D eigenvalue weighted by Gasteiger charge is -2.19. The van der Waals surface area contributed by atoms with Gasteiger partial charge >= 0.3 is 0 Å². The molecule has 0 radical (unpaired) electrons. The van der Waals surface area contributed by atoms with E-state index in [0.29, 0.717) is 5.82 Å². The second kappa shape index (κ2) is 8.56. The molecule has 0 atom stereocenters. The largest absolute Gasteiger partial charge is 0.380 e. The highest BCUT2D eigenvalue weighted by Crippen LogP contribution is 2.28. The van der Waals surface area contributed by atoms with E-state index in [1.165, 1.54) is 11.1 Å². The van der Waals surface area contributed by atoms with Gasteiger partial charge in [0.05, 0.1) is 0 Å². The third-order valence-electron chi connectivity index (χ3n) is 4.95. The molecule has 1 aromatic carbocycles. The zero-order valence-electron chi connectivity index (χ0n) is 17.6. The van der Waals surface area contributed by atoms with Crippen molar-refractivity contribution >= 4 is 22.7 Å². The number of fused-ring (bicyclic) bond motifs is 1. The van der Waals surface area contributed by atoms with Crippen LogP contribution in [-0.4, -0.2) is 45.8 Å². The number of anilines is 2. The van der Waals surface area contributed by atoms with E-state index in [2.05, 4.69) is 69.8 Å². The molecule has 0 aliphatic carbocycles. The van der Waals surface area contributed by atoms with Crippen LogP contribution in [0, 0.1) is 0 Å². The van der Waals surface area contributed by atoms with Gasteiger partial charge in [-0.15, -0.1) is 10.2 Å². The number of aromatic nitrogens is 4. The first kappa shape index (κ1) is 20.1. The molecule has 3 rings (SSSR count). The molecule has 2 heterocycles. The Morgan fingerprint density at radius 1 is 1.00 bits per heavy atom. The van der Waals surface area contributed by atoms with Crippen molar-refractivity contribution in [1.29, 1.82) is 0 Å². The summed E-state index contributed by atoms with van der Waals surface area (Å²) in [6, 6.07) is 8.71. The summed E-state index contributed by atoms with van der Waals surface area (Å²) in [4.78, 5) is 9.02. The van der Waals surface area contributed by atoms with Crippen LogP contribution in [0.1, 0.15) is 36.7 Å². The van der Waals surface area contributed by atoms with Gasteiger partial charge in [-0.05, 0) is 31.6 Å². The summed E-state index contributed by atoms with van der Waals surface area (Å²) in [6.07, 6.45) is 3.16. The molecule has 0 saturated carbocycles. The molecule has 0 spiro atoms. The van der Waals surface area contributed by atoms with Gasteiger partial charge in [0.15, 0.2) is 11.6 Å². The van der Waals surface area contributed by atoms with Crippen LogP contribution in [-0.2, 0) is 26.6 Å². The van der Waals surface area contributed by atoms with Crippen LogP contribution in [0.15, 0.2) is 24.3 Å². The topological polar surface area (TPSA) is 76.1 Å². The molecule has 0 amide bonds. The first-order valence-electron chi connectivity index (χ1n) is 9.81. The fourth-order valence-electron chi connectivity index (χ4n) is 3.45. The van der Waals surface area contributed by atoms with E-state index >= 15 is 0 Å². The smallest absolute Gasteiger partial charge is 0.177 e. The Hall–Kier alpha value is -2.67. The maximum atomic E-state index is 6.07. The molecule has 7 heteroatoms. The predicted molar refractivity (Wildman–Crippen MR) is 115 cm³/mol.